The lowest BCUT2D eigenvalue weighted by Gasteiger charge is -2.23. The molecule has 1 saturated heterocycles. The molecule has 1 heterocycles. The third-order valence-corrected chi connectivity index (χ3v) is 4.27. The average molecular weight is 304 g/mol. The Morgan fingerprint density at radius 1 is 1.23 bits per heavy atom. The highest BCUT2D eigenvalue weighted by Gasteiger charge is 2.34. The van der Waals surface area contributed by atoms with Gasteiger partial charge in [0.25, 0.3) is 5.69 Å². The summed E-state index contributed by atoms with van der Waals surface area (Å²) in [7, 11) is 0. The second-order valence-electron chi connectivity index (χ2n) is 5.95. The number of nitrogens with two attached hydrogens (primary N) is 1. The number of carbonyl (C=O) groups is 1. The van der Waals surface area contributed by atoms with Crippen molar-refractivity contribution >= 4 is 23.0 Å². The van der Waals surface area contributed by atoms with E-state index in [0.29, 0.717) is 31.0 Å². The van der Waals surface area contributed by atoms with E-state index in [0.717, 1.165) is 25.8 Å². The van der Waals surface area contributed by atoms with Gasteiger partial charge in [0.1, 0.15) is 5.69 Å². The molecular formula is C15H20N4O3. The SMILES string of the molecule is Nc1ccc([N+](=O)[O-])c(N2CCCN(C(=O)C3CC3)CC2)c1. The Bertz CT molecular complexity index is 600. The number of amides is 1. The van der Waals surface area contributed by atoms with Crippen molar-refractivity contribution in [3.8, 4) is 0 Å². The second-order valence-corrected chi connectivity index (χ2v) is 5.95. The van der Waals surface area contributed by atoms with Crippen molar-refractivity contribution in [1.29, 1.82) is 0 Å². The van der Waals surface area contributed by atoms with E-state index in [2.05, 4.69) is 0 Å². The molecule has 1 aromatic carbocycles. The number of hydrogen-bond donors (Lipinski definition) is 1. The van der Waals surface area contributed by atoms with Crippen LogP contribution in [-0.2, 0) is 4.79 Å². The van der Waals surface area contributed by atoms with Crippen LogP contribution in [0.2, 0.25) is 0 Å². The molecule has 22 heavy (non-hydrogen) atoms. The molecule has 0 bridgehead atoms. The van der Waals surface area contributed by atoms with E-state index in [1.807, 2.05) is 9.80 Å². The van der Waals surface area contributed by atoms with Crippen molar-refractivity contribution in [2.24, 2.45) is 5.92 Å². The number of nitrogen functional groups attached to an aromatic ring is 1. The molecule has 7 heteroatoms. The summed E-state index contributed by atoms with van der Waals surface area (Å²) in [6.07, 6.45) is 2.81. The van der Waals surface area contributed by atoms with Gasteiger partial charge in [-0.3, -0.25) is 14.9 Å². The normalized spacial score (nSPS) is 18.9. The zero-order chi connectivity index (χ0) is 15.7. The first-order valence-corrected chi connectivity index (χ1v) is 7.64. The number of carbonyl (C=O) groups excluding carboxylic acids is 1. The molecule has 1 aromatic rings. The van der Waals surface area contributed by atoms with Crippen LogP contribution >= 0.6 is 0 Å². The van der Waals surface area contributed by atoms with Crippen LogP contribution in [0.25, 0.3) is 0 Å². The number of rotatable bonds is 3. The van der Waals surface area contributed by atoms with Gasteiger partial charge < -0.3 is 15.5 Å². The lowest BCUT2D eigenvalue weighted by atomic mass is 10.2. The van der Waals surface area contributed by atoms with Crippen LogP contribution in [0.15, 0.2) is 18.2 Å². The first-order valence-electron chi connectivity index (χ1n) is 7.64. The molecule has 0 aromatic heterocycles. The molecule has 0 atom stereocenters. The topological polar surface area (TPSA) is 92.7 Å². The van der Waals surface area contributed by atoms with Gasteiger partial charge in [-0.25, -0.2) is 0 Å². The van der Waals surface area contributed by atoms with Gasteiger partial charge in [0.2, 0.25) is 5.91 Å². The average Bonchev–Trinajstić information content (AvgIpc) is 3.32. The van der Waals surface area contributed by atoms with Gasteiger partial charge in [-0.05, 0) is 31.4 Å². The second kappa shape index (κ2) is 5.82. The lowest BCUT2D eigenvalue weighted by Crippen LogP contribution is -2.36. The van der Waals surface area contributed by atoms with Crippen LogP contribution < -0.4 is 10.6 Å². The molecule has 2 N–H and O–H groups in total. The van der Waals surface area contributed by atoms with E-state index in [1.165, 1.54) is 6.07 Å². The molecule has 0 spiro atoms. The van der Waals surface area contributed by atoms with Crippen molar-refractivity contribution in [2.45, 2.75) is 19.3 Å². The third-order valence-electron chi connectivity index (χ3n) is 4.27. The van der Waals surface area contributed by atoms with E-state index in [4.69, 9.17) is 5.73 Å². The molecule has 2 aliphatic rings. The number of benzene rings is 1. The number of hydrogen-bond acceptors (Lipinski definition) is 5. The fraction of sp³-hybridized carbons (Fsp3) is 0.533. The van der Waals surface area contributed by atoms with Gasteiger partial charge in [-0.2, -0.15) is 0 Å². The summed E-state index contributed by atoms with van der Waals surface area (Å²) in [6, 6.07) is 4.64. The molecule has 118 valence electrons. The third kappa shape index (κ3) is 2.98. The Kier molecular flexibility index (Phi) is 3.87. The molecule has 3 rings (SSSR count). The molecule has 1 aliphatic heterocycles. The highest BCUT2D eigenvalue weighted by Crippen LogP contribution is 2.33. The highest BCUT2D eigenvalue weighted by molar-refractivity contribution is 5.81. The van der Waals surface area contributed by atoms with Gasteiger partial charge in [-0.1, -0.05) is 0 Å². The minimum Gasteiger partial charge on any atom is -0.399 e. The van der Waals surface area contributed by atoms with Crippen molar-refractivity contribution in [1.82, 2.24) is 4.90 Å². The van der Waals surface area contributed by atoms with Crippen molar-refractivity contribution < 1.29 is 9.72 Å². The molecule has 7 nitrogen and oxygen atoms in total. The summed E-state index contributed by atoms with van der Waals surface area (Å²) in [4.78, 5) is 26.9. The van der Waals surface area contributed by atoms with Crippen LogP contribution in [0.1, 0.15) is 19.3 Å². The van der Waals surface area contributed by atoms with Gasteiger partial charge in [-0.15, -0.1) is 0 Å². The van der Waals surface area contributed by atoms with Gasteiger partial charge in [0.05, 0.1) is 4.92 Å². The molecule has 0 unspecified atom stereocenters. The molecule has 2 fully saturated rings. The Hall–Kier alpha value is -2.31. The Labute approximate surface area is 128 Å². The largest absolute Gasteiger partial charge is 0.399 e. The fourth-order valence-electron chi connectivity index (χ4n) is 2.92. The van der Waals surface area contributed by atoms with Crippen molar-refractivity contribution in [3.05, 3.63) is 28.3 Å². The van der Waals surface area contributed by atoms with Crippen molar-refractivity contribution in [3.63, 3.8) is 0 Å². The molecular weight excluding hydrogens is 284 g/mol. The van der Waals surface area contributed by atoms with E-state index in [-0.39, 0.29) is 22.4 Å². The van der Waals surface area contributed by atoms with Crippen LogP contribution in [0.4, 0.5) is 17.1 Å². The van der Waals surface area contributed by atoms with Crippen LogP contribution in [0.5, 0.6) is 0 Å². The standard InChI is InChI=1S/C15H20N4O3/c16-12-4-5-13(19(21)22)14(10-12)17-6-1-7-18(9-8-17)15(20)11-2-3-11/h4-5,10-11H,1-3,6-9,16H2. The summed E-state index contributed by atoms with van der Waals surface area (Å²) >= 11 is 0. The summed E-state index contributed by atoms with van der Waals surface area (Å²) < 4.78 is 0. The van der Waals surface area contributed by atoms with Crippen LogP contribution in [-0.4, -0.2) is 41.9 Å². The van der Waals surface area contributed by atoms with Gasteiger partial charge >= 0.3 is 0 Å². The number of anilines is 2. The zero-order valence-electron chi connectivity index (χ0n) is 12.4. The fourth-order valence-corrected chi connectivity index (χ4v) is 2.92. The maximum Gasteiger partial charge on any atom is 0.292 e. The van der Waals surface area contributed by atoms with E-state index in [9.17, 15) is 14.9 Å². The maximum atomic E-state index is 12.2. The number of nitro groups is 1. The monoisotopic (exact) mass is 304 g/mol. The van der Waals surface area contributed by atoms with Crippen LogP contribution in [0.3, 0.4) is 0 Å². The predicted octanol–water partition coefficient (Wildman–Crippen LogP) is 1.63. The quantitative estimate of drug-likeness (QED) is 0.520. The first kappa shape index (κ1) is 14.6. The maximum absolute atomic E-state index is 12.2. The first-order chi connectivity index (χ1) is 10.6. The molecule has 1 amide bonds. The lowest BCUT2D eigenvalue weighted by molar-refractivity contribution is -0.384. The predicted molar refractivity (Wildman–Crippen MR) is 83.6 cm³/mol. The zero-order valence-corrected chi connectivity index (χ0v) is 12.4. The minimum absolute atomic E-state index is 0.0659. The molecule has 1 saturated carbocycles. The van der Waals surface area contributed by atoms with Gasteiger partial charge in [0.15, 0.2) is 0 Å². The highest BCUT2D eigenvalue weighted by atomic mass is 16.6. The van der Waals surface area contributed by atoms with Gasteiger partial charge in [0, 0.05) is 43.9 Å². The van der Waals surface area contributed by atoms with E-state index < -0.39 is 0 Å². The summed E-state index contributed by atoms with van der Waals surface area (Å²) in [5.41, 5.74) is 6.91. The van der Waals surface area contributed by atoms with Crippen LogP contribution in [0, 0.1) is 16.0 Å². The molecule has 0 radical (unpaired) electrons. The Morgan fingerprint density at radius 3 is 2.68 bits per heavy atom. The molecule has 1 aliphatic carbocycles. The van der Waals surface area contributed by atoms with E-state index in [1.54, 1.807) is 12.1 Å². The smallest absolute Gasteiger partial charge is 0.292 e. The summed E-state index contributed by atoms with van der Waals surface area (Å²) in [5.74, 6) is 0.456. The number of nitrogens with zero attached hydrogens (tertiary/aromatic N) is 3. The Morgan fingerprint density at radius 2 is 2.00 bits per heavy atom. The van der Waals surface area contributed by atoms with Crippen molar-refractivity contribution in [2.75, 3.05) is 36.8 Å². The Balaban J connectivity index is 1.77. The summed E-state index contributed by atoms with van der Waals surface area (Å²) in [6.45, 7) is 2.63. The summed E-state index contributed by atoms with van der Waals surface area (Å²) in [5, 5.41) is 11.2. The minimum atomic E-state index is -0.382. The number of nitro benzene ring substituents is 1. The van der Waals surface area contributed by atoms with E-state index >= 15 is 0 Å².